The third-order valence-electron chi connectivity index (χ3n) is 2.52. The third kappa shape index (κ3) is 4.24. The van der Waals surface area contributed by atoms with E-state index in [0.29, 0.717) is 25.1 Å². The van der Waals surface area contributed by atoms with Crippen LogP contribution in [0, 0.1) is 11.6 Å². The summed E-state index contributed by atoms with van der Waals surface area (Å²) in [6.07, 6.45) is 0.623. The molecule has 1 rings (SSSR count). The molecule has 4 heteroatoms. The fraction of sp³-hybridized carbons (Fsp3) is 0.500. The molecule has 1 atom stereocenters. The number of benzene rings is 1. The van der Waals surface area contributed by atoms with Crippen LogP contribution >= 0.6 is 0 Å². The minimum Gasteiger partial charge on any atom is -0.389 e. The van der Waals surface area contributed by atoms with Gasteiger partial charge in [0.05, 0.1) is 5.60 Å². The summed E-state index contributed by atoms with van der Waals surface area (Å²) in [4.78, 5) is 0. The van der Waals surface area contributed by atoms with Gasteiger partial charge in [0.15, 0.2) is 0 Å². The highest BCUT2D eigenvalue weighted by molar-refractivity contribution is 5.17. The van der Waals surface area contributed by atoms with Gasteiger partial charge in [0.2, 0.25) is 0 Å². The van der Waals surface area contributed by atoms with Crippen LogP contribution in [0.3, 0.4) is 0 Å². The van der Waals surface area contributed by atoms with Crippen molar-refractivity contribution >= 4 is 0 Å². The number of rotatable bonds is 5. The summed E-state index contributed by atoms with van der Waals surface area (Å²) < 4.78 is 25.7. The zero-order valence-electron chi connectivity index (χ0n) is 9.56. The monoisotopic (exact) mass is 229 g/mol. The van der Waals surface area contributed by atoms with Gasteiger partial charge in [-0.2, -0.15) is 0 Å². The molecule has 0 fully saturated rings. The van der Waals surface area contributed by atoms with Crippen molar-refractivity contribution in [3.63, 3.8) is 0 Å². The third-order valence-corrected chi connectivity index (χ3v) is 2.52. The number of hydrogen-bond acceptors (Lipinski definition) is 2. The van der Waals surface area contributed by atoms with Gasteiger partial charge in [-0.25, -0.2) is 8.78 Å². The molecule has 1 aromatic carbocycles. The lowest BCUT2D eigenvalue weighted by molar-refractivity contribution is 0.0555. The summed E-state index contributed by atoms with van der Waals surface area (Å²) in [6.45, 7) is 4.32. The molecular formula is C12H17F2NO. The first kappa shape index (κ1) is 13.1. The molecule has 0 saturated carbocycles. The van der Waals surface area contributed by atoms with Crippen molar-refractivity contribution in [1.82, 2.24) is 5.32 Å². The maximum Gasteiger partial charge on any atom is 0.126 e. The fourth-order valence-electron chi connectivity index (χ4n) is 1.31. The van der Waals surface area contributed by atoms with E-state index >= 15 is 0 Å². The van der Waals surface area contributed by atoms with E-state index in [1.165, 1.54) is 12.1 Å². The number of hydrogen-bond donors (Lipinski definition) is 2. The van der Waals surface area contributed by atoms with E-state index in [1.54, 1.807) is 6.92 Å². The zero-order chi connectivity index (χ0) is 12.2. The van der Waals surface area contributed by atoms with Crippen LogP contribution in [-0.4, -0.2) is 17.3 Å². The van der Waals surface area contributed by atoms with Crippen molar-refractivity contribution in [2.45, 2.75) is 32.4 Å². The Hall–Kier alpha value is -1.00. The van der Waals surface area contributed by atoms with E-state index in [1.807, 2.05) is 6.92 Å². The molecule has 1 unspecified atom stereocenters. The second kappa shape index (κ2) is 5.37. The van der Waals surface area contributed by atoms with Crippen LogP contribution in [0.4, 0.5) is 8.78 Å². The predicted octanol–water partition coefficient (Wildman–Crippen LogP) is 2.22. The Morgan fingerprint density at radius 1 is 1.25 bits per heavy atom. The molecular weight excluding hydrogens is 212 g/mol. The summed E-state index contributed by atoms with van der Waals surface area (Å²) in [5, 5.41) is 12.7. The first-order valence-corrected chi connectivity index (χ1v) is 5.31. The average molecular weight is 229 g/mol. The van der Waals surface area contributed by atoms with E-state index in [9.17, 15) is 13.9 Å². The standard InChI is InChI=1S/C12H17F2NO/c1-3-12(2,16)8-15-7-9-4-10(13)6-11(14)5-9/h4-6,15-16H,3,7-8H2,1-2H3. The molecule has 0 aliphatic rings. The minimum absolute atomic E-state index is 0.338. The van der Waals surface area contributed by atoms with Gasteiger partial charge in [0.25, 0.3) is 0 Å². The average Bonchev–Trinajstić information content (AvgIpc) is 2.16. The van der Waals surface area contributed by atoms with Crippen molar-refractivity contribution in [2.24, 2.45) is 0 Å². The van der Waals surface area contributed by atoms with Crippen LogP contribution in [-0.2, 0) is 6.54 Å². The van der Waals surface area contributed by atoms with Crippen LogP contribution in [0.25, 0.3) is 0 Å². The van der Waals surface area contributed by atoms with Crippen LogP contribution in [0.15, 0.2) is 18.2 Å². The molecule has 0 aliphatic carbocycles. The number of halogens is 2. The molecule has 0 spiro atoms. The summed E-state index contributed by atoms with van der Waals surface area (Å²) in [6, 6.07) is 3.39. The highest BCUT2D eigenvalue weighted by Gasteiger charge is 2.16. The van der Waals surface area contributed by atoms with E-state index < -0.39 is 17.2 Å². The first-order valence-electron chi connectivity index (χ1n) is 5.31. The number of aliphatic hydroxyl groups is 1. The van der Waals surface area contributed by atoms with Crippen molar-refractivity contribution in [2.75, 3.05) is 6.54 Å². The Labute approximate surface area is 94.3 Å². The van der Waals surface area contributed by atoms with E-state index in [4.69, 9.17) is 0 Å². The van der Waals surface area contributed by atoms with Crippen molar-refractivity contribution < 1.29 is 13.9 Å². The molecule has 16 heavy (non-hydrogen) atoms. The van der Waals surface area contributed by atoms with Gasteiger partial charge >= 0.3 is 0 Å². The van der Waals surface area contributed by atoms with Gasteiger partial charge < -0.3 is 10.4 Å². The second-order valence-electron chi connectivity index (χ2n) is 4.23. The minimum atomic E-state index is -0.786. The highest BCUT2D eigenvalue weighted by Crippen LogP contribution is 2.09. The summed E-state index contributed by atoms with van der Waals surface area (Å²) in [7, 11) is 0. The molecule has 0 saturated heterocycles. The lowest BCUT2D eigenvalue weighted by atomic mass is 10.0. The van der Waals surface area contributed by atoms with Crippen molar-refractivity contribution in [1.29, 1.82) is 0 Å². The smallest absolute Gasteiger partial charge is 0.126 e. The van der Waals surface area contributed by atoms with Crippen LogP contribution in [0.1, 0.15) is 25.8 Å². The van der Waals surface area contributed by atoms with Gasteiger partial charge in [-0.15, -0.1) is 0 Å². The molecule has 2 N–H and O–H groups in total. The summed E-state index contributed by atoms with van der Waals surface area (Å²) in [5.41, 5.74) is -0.254. The highest BCUT2D eigenvalue weighted by atomic mass is 19.1. The molecule has 0 aromatic heterocycles. The van der Waals surface area contributed by atoms with Gasteiger partial charge in [0, 0.05) is 19.2 Å². The second-order valence-corrected chi connectivity index (χ2v) is 4.23. The Balaban J connectivity index is 2.49. The van der Waals surface area contributed by atoms with Crippen molar-refractivity contribution in [3.8, 4) is 0 Å². The lowest BCUT2D eigenvalue weighted by Gasteiger charge is -2.21. The SMILES string of the molecule is CCC(C)(O)CNCc1cc(F)cc(F)c1. The first-order chi connectivity index (χ1) is 7.43. The van der Waals surface area contributed by atoms with Gasteiger partial charge in [0.1, 0.15) is 11.6 Å². The van der Waals surface area contributed by atoms with Crippen molar-refractivity contribution in [3.05, 3.63) is 35.4 Å². The lowest BCUT2D eigenvalue weighted by Crippen LogP contribution is -2.36. The Bertz CT molecular complexity index is 333. The molecule has 1 aromatic rings. The van der Waals surface area contributed by atoms with E-state index in [2.05, 4.69) is 5.32 Å². The topological polar surface area (TPSA) is 32.3 Å². The Morgan fingerprint density at radius 3 is 2.31 bits per heavy atom. The van der Waals surface area contributed by atoms with Gasteiger partial charge in [-0.05, 0) is 31.0 Å². The van der Waals surface area contributed by atoms with Gasteiger partial charge in [-0.3, -0.25) is 0 Å². The molecule has 0 heterocycles. The molecule has 0 bridgehead atoms. The number of nitrogens with one attached hydrogen (secondary N) is 1. The molecule has 2 nitrogen and oxygen atoms in total. The summed E-state index contributed by atoms with van der Waals surface area (Å²) in [5.74, 6) is -1.17. The van der Waals surface area contributed by atoms with Crippen LogP contribution in [0.2, 0.25) is 0 Å². The normalized spacial score (nSPS) is 14.8. The molecule has 90 valence electrons. The Morgan fingerprint density at radius 2 is 1.81 bits per heavy atom. The van der Waals surface area contributed by atoms with Crippen LogP contribution < -0.4 is 5.32 Å². The predicted molar refractivity (Wildman–Crippen MR) is 59.0 cm³/mol. The zero-order valence-corrected chi connectivity index (χ0v) is 9.56. The molecule has 0 aliphatic heterocycles. The maximum atomic E-state index is 12.8. The largest absolute Gasteiger partial charge is 0.389 e. The quantitative estimate of drug-likeness (QED) is 0.811. The molecule has 0 amide bonds. The van der Waals surface area contributed by atoms with Crippen LogP contribution in [0.5, 0.6) is 0 Å². The van der Waals surface area contributed by atoms with Gasteiger partial charge in [-0.1, -0.05) is 6.92 Å². The Kier molecular flexibility index (Phi) is 4.38. The molecule has 0 radical (unpaired) electrons. The maximum absolute atomic E-state index is 12.8. The van der Waals surface area contributed by atoms with E-state index in [0.717, 1.165) is 6.07 Å². The fourth-order valence-corrected chi connectivity index (χ4v) is 1.31. The van der Waals surface area contributed by atoms with E-state index in [-0.39, 0.29) is 0 Å². The summed E-state index contributed by atoms with van der Waals surface area (Å²) >= 11 is 0.